The molecule has 1 rings (SSSR count). The van der Waals surface area contributed by atoms with E-state index in [2.05, 4.69) is 4.18 Å². The van der Waals surface area contributed by atoms with E-state index in [-0.39, 0.29) is 69.1 Å². The minimum Gasteiger partial charge on any atom is -0.445 e. The summed E-state index contributed by atoms with van der Waals surface area (Å²) in [6.45, 7) is -4.33. The van der Waals surface area contributed by atoms with Crippen LogP contribution < -0.4 is 66.8 Å². The van der Waals surface area contributed by atoms with E-state index < -0.39 is 28.7 Å². The van der Waals surface area contributed by atoms with Gasteiger partial charge in [-0.15, -0.1) is 5.46 Å². The van der Waals surface area contributed by atoms with Crippen molar-refractivity contribution in [3.8, 4) is 5.75 Å². The molecular weight excluding hydrogens is 316 g/mol. The molecule has 0 aliphatic carbocycles. The number of nitrogens with two attached hydrogens (primary N) is 1. The third-order valence-corrected chi connectivity index (χ3v) is 2.66. The molecule has 0 unspecified atom stereocenters. The van der Waals surface area contributed by atoms with Crippen LogP contribution in [0.4, 0.5) is 16.8 Å². The molecule has 0 amide bonds. The first-order chi connectivity index (χ1) is 8.04. The smallest absolute Gasteiger partial charge is 0.445 e. The van der Waals surface area contributed by atoms with Gasteiger partial charge in [-0.05, 0) is 24.1 Å². The number of benzene rings is 1. The molecule has 0 spiro atoms. The predicted octanol–water partition coefficient (Wildman–Crippen LogP) is -1.89. The molecule has 0 aliphatic heterocycles. The van der Waals surface area contributed by atoms with Crippen molar-refractivity contribution in [2.45, 2.75) is 13.5 Å². The van der Waals surface area contributed by atoms with Gasteiger partial charge in [0.25, 0.3) is 0 Å². The van der Waals surface area contributed by atoms with E-state index in [9.17, 15) is 25.3 Å². The maximum absolute atomic E-state index is 12.6. The predicted molar refractivity (Wildman–Crippen MR) is 58.4 cm³/mol. The van der Waals surface area contributed by atoms with Gasteiger partial charge >= 0.3 is 68.9 Å². The summed E-state index contributed by atoms with van der Waals surface area (Å²) in [5, 5.41) is 0. The van der Waals surface area contributed by atoms with Gasteiger partial charge in [-0.3, -0.25) is 0 Å². The van der Waals surface area contributed by atoms with E-state index >= 15 is 0 Å². The second-order valence-corrected chi connectivity index (χ2v) is 4.51. The van der Waals surface area contributed by atoms with Gasteiger partial charge in [0.2, 0.25) is 0 Å². The van der Waals surface area contributed by atoms with Gasteiger partial charge in [-0.1, -0.05) is 9.95 Å². The van der Waals surface area contributed by atoms with Crippen LogP contribution in [0.3, 0.4) is 0 Å². The monoisotopic (exact) mass is 325 g/mol. The average molecular weight is 325 g/mol. The van der Waals surface area contributed by atoms with Gasteiger partial charge in [0.05, 0.1) is 0 Å². The second kappa shape index (κ2) is 6.87. The molecule has 19 heavy (non-hydrogen) atoms. The summed E-state index contributed by atoms with van der Waals surface area (Å²) in [5.74, 6) is -0.713. The van der Waals surface area contributed by atoms with Crippen LogP contribution in [-0.4, -0.2) is 15.4 Å². The maximum Gasteiger partial charge on any atom is 1.00 e. The number of hydrogen-bond acceptors (Lipinski definition) is 4. The third kappa shape index (κ3) is 5.70. The molecule has 0 saturated heterocycles. The van der Waals surface area contributed by atoms with Crippen molar-refractivity contribution < 1.29 is 80.8 Å². The summed E-state index contributed by atoms with van der Waals surface area (Å²) in [6, 6.07) is 1.22. The van der Waals surface area contributed by atoms with Crippen molar-refractivity contribution in [1.82, 2.24) is 0 Å². The van der Waals surface area contributed by atoms with Gasteiger partial charge in [-0.2, -0.15) is 8.42 Å². The van der Waals surface area contributed by atoms with Gasteiger partial charge < -0.3 is 22.9 Å². The van der Waals surface area contributed by atoms with Crippen LogP contribution in [0.25, 0.3) is 0 Å². The SMILES string of the molecule is Cc1c(CN)cc([B-](F)(F)F)cc1OS(=O)(=O)F.[K+]. The Labute approximate surface area is 150 Å². The van der Waals surface area contributed by atoms with E-state index in [1.807, 2.05) is 0 Å². The van der Waals surface area contributed by atoms with Crippen LogP contribution >= 0.6 is 0 Å². The summed E-state index contributed by atoms with van der Waals surface area (Å²) in [5.41, 5.74) is 4.22. The quantitative estimate of drug-likeness (QED) is 0.399. The Morgan fingerprint density at radius 2 is 1.84 bits per heavy atom. The van der Waals surface area contributed by atoms with Gasteiger partial charge in [0, 0.05) is 6.54 Å². The minimum absolute atomic E-state index is 0. The fraction of sp³-hybridized carbons (Fsp3) is 0.250. The Morgan fingerprint density at radius 1 is 1.32 bits per heavy atom. The number of hydrogen-bond donors (Lipinski definition) is 1. The molecule has 0 saturated carbocycles. The van der Waals surface area contributed by atoms with E-state index in [0.717, 1.165) is 6.07 Å². The Kier molecular flexibility index (Phi) is 7.00. The first-order valence-electron chi connectivity index (χ1n) is 4.72. The van der Waals surface area contributed by atoms with Crippen LogP contribution in [0.1, 0.15) is 11.1 Å². The summed E-state index contributed by atoms with van der Waals surface area (Å²) >= 11 is 0. The van der Waals surface area contributed by atoms with Crippen molar-refractivity contribution in [2.24, 2.45) is 5.73 Å². The number of halogens is 4. The molecule has 102 valence electrons. The molecule has 1 aromatic rings. The zero-order chi connectivity index (χ0) is 14.1. The standard InChI is InChI=1S/C8H9BF4NO3S.K/c1-5-6(4-14)2-7(9(10,11)12)3-8(5)17-18(13,15)16;/h2-3H,4,14H2,1H3;/q-1;+1. The number of rotatable bonds is 4. The molecule has 1 aromatic carbocycles. The Balaban J connectivity index is 0.00000324. The molecule has 0 radical (unpaired) electrons. The molecule has 0 fully saturated rings. The van der Waals surface area contributed by atoms with Crippen LogP contribution in [0, 0.1) is 6.92 Å². The maximum atomic E-state index is 12.6. The van der Waals surface area contributed by atoms with Crippen LogP contribution in [-0.2, 0) is 17.0 Å². The fourth-order valence-electron chi connectivity index (χ4n) is 1.36. The molecule has 0 bridgehead atoms. The van der Waals surface area contributed by atoms with Crippen LogP contribution in [0.2, 0.25) is 0 Å². The van der Waals surface area contributed by atoms with E-state index in [0.29, 0.717) is 6.07 Å². The van der Waals surface area contributed by atoms with E-state index in [1.54, 1.807) is 0 Å². The third-order valence-electron chi connectivity index (χ3n) is 2.28. The van der Waals surface area contributed by atoms with Gasteiger partial charge in [0.15, 0.2) is 0 Å². The van der Waals surface area contributed by atoms with Gasteiger partial charge in [0.1, 0.15) is 5.75 Å². The first-order valence-corrected chi connectivity index (χ1v) is 6.03. The van der Waals surface area contributed by atoms with Crippen molar-refractivity contribution in [3.63, 3.8) is 0 Å². The van der Waals surface area contributed by atoms with Crippen molar-refractivity contribution in [3.05, 3.63) is 23.3 Å². The molecule has 11 heteroatoms. The van der Waals surface area contributed by atoms with Crippen LogP contribution in [0.5, 0.6) is 5.75 Å². The normalized spacial score (nSPS) is 11.9. The molecular formula is C8H9BF4KNO3S. The average Bonchev–Trinajstić information content (AvgIpc) is 2.17. The molecule has 0 atom stereocenters. The topological polar surface area (TPSA) is 69.4 Å². The van der Waals surface area contributed by atoms with Gasteiger partial charge in [-0.25, -0.2) is 0 Å². The zero-order valence-electron chi connectivity index (χ0n) is 10.2. The summed E-state index contributed by atoms with van der Waals surface area (Å²) in [4.78, 5) is 0. The van der Waals surface area contributed by atoms with E-state index in [4.69, 9.17) is 5.73 Å². The minimum atomic E-state index is -5.39. The summed E-state index contributed by atoms with van der Waals surface area (Å²) < 4.78 is 74.6. The fourth-order valence-corrected chi connectivity index (χ4v) is 1.75. The molecule has 2 N–H and O–H groups in total. The zero-order valence-corrected chi connectivity index (χ0v) is 14.1. The largest absolute Gasteiger partial charge is 1.00 e. The molecule has 0 heterocycles. The van der Waals surface area contributed by atoms with Crippen molar-refractivity contribution in [2.75, 3.05) is 0 Å². The first kappa shape index (κ1) is 19.4. The molecule has 0 aromatic heterocycles. The Morgan fingerprint density at radius 3 is 2.21 bits per heavy atom. The second-order valence-electron chi connectivity index (χ2n) is 3.56. The van der Waals surface area contributed by atoms with Crippen molar-refractivity contribution in [1.29, 1.82) is 0 Å². The summed E-state index contributed by atoms with van der Waals surface area (Å²) in [6.07, 6.45) is 0. The van der Waals surface area contributed by atoms with E-state index in [1.165, 1.54) is 6.92 Å². The Hall–Kier alpha value is 0.351. The Bertz CT molecular complexity index is 564. The van der Waals surface area contributed by atoms with Crippen molar-refractivity contribution >= 4 is 22.9 Å². The van der Waals surface area contributed by atoms with Crippen LogP contribution in [0.15, 0.2) is 12.1 Å². The molecule has 4 nitrogen and oxygen atoms in total. The summed E-state index contributed by atoms with van der Waals surface area (Å²) in [7, 11) is -5.39. The molecule has 0 aliphatic rings.